The Kier molecular flexibility index (Phi) is 5.60. The zero-order valence-corrected chi connectivity index (χ0v) is 17.0. The molecule has 0 bridgehead atoms. The van der Waals surface area contributed by atoms with Gasteiger partial charge in [0.15, 0.2) is 0 Å². The summed E-state index contributed by atoms with van der Waals surface area (Å²) in [5.74, 6) is -0.413. The van der Waals surface area contributed by atoms with Crippen molar-refractivity contribution in [2.24, 2.45) is 0 Å². The Labute approximate surface area is 165 Å². The molecule has 6 nitrogen and oxygen atoms in total. The molecule has 0 radical (unpaired) electrons. The fraction of sp³-hybridized carbons (Fsp3) is 0.350. The van der Waals surface area contributed by atoms with Gasteiger partial charge < -0.3 is 9.80 Å². The fourth-order valence-corrected chi connectivity index (χ4v) is 3.96. The number of anilines is 2. The number of piperazine rings is 1. The van der Waals surface area contributed by atoms with Crippen molar-refractivity contribution in [2.75, 3.05) is 48.7 Å². The molecule has 0 unspecified atom stereocenters. The van der Waals surface area contributed by atoms with Crippen LogP contribution in [0.4, 0.5) is 15.8 Å². The van der Waals surface area contributed by atoms with Crippen LogP contribution in [0.15, 0.2) is 42.5 Å². The van der Waals surface area contributed by atoms with E-state index in [1.165, 1.54) is 17.4 Å². The van der Waals surface area contributed by atoms with Crippen LogP contribution in [0.1, 0.15) is 15.9 Å². The SMILES string of the molecule is Cc1c(C(=O)N2CCN(c3ccccc3F)CC2)cccc1N(C)S(C)(=O)=O. The van der Waals surface area contributed by atoms with E-state index >= 15 is 0 Å². The van der Waals surface area contributed by atoms with Crippen LogP contribution in [-0.4, -0.2) is 58.7 Å². The number of carbonyl (C=O) groups is 1. The van der Waals surface area contributed by atoms with E-state index in [0.29, 0.717) is 48.7 Å². The summed E-state index contributed by atoms with van der Waals surface area (Å²) in [5, 5.41) is 0. The van der Waals surface area contributed by atoms with Crippen LogP contribution in [0.25, 0.3) is 0 Å². The molecular formula is C20H24FN3O3S. The summed E-state index contributed by atoms with van der Waals surface area (Å²) in [6.45, 7) is 3.76. The number of hydrogen-bond acceptors (Lipinski definition) is 4. The molecule has 0 saturated carbocycles. The van der Waals surface area contributed by atoms with Gasteiger partial charge in [0.25, 0.3) is 5.91 Å². The number of para-hydroxylation sites is 1. The maximum absolute atomic E-state index is 14.0. The third kappa shape index (κ3) is 3.96. The van der Waals surface area contributed by atoms with Crippen molar-refractivity contribution in [3.8, 4) is 0 Å². The lowest BCUT2D eigenvalue weighted by Crippen LogP contribution is -2.49. The van der Waals surface area contributed by atoms with Gasteiger partial charge >= 0.3 is 0 Å². The Morgan fingerprint density at radius 3 is 2.29 bits per heavy atom. The van der Waals surface area contributed by atoms with Crippen LogP contribution in [-0.2, 0) is 10.0 Å². The maximum atomic E-state index is 14.0. The first-order chi connectivity index (χ1) is 13.2. The second-order valence-electron chi connectivity index (χ2n) is 6.91. The van der Waals surface area contributed by atoms with Crippen molar-refractivity contribution in [1.82, 2.24) is 4.90 Å². The lowest BCUT2D eigenvalue weighted by atomic mass is 10.0. The zero-order valence-electron chi connectivity index (χ0n) is 16.2. The van der Waals surface area contributed by atoms with Crippen LogP contribution in [0.5, 0.6) is 0 Å². The molecule has 0 aliphatic carbocycles. The summed E-state index contributed by atoms with van der Waals surface area (Å²) in [6.07, 6.45) is 1.13. The van der Waals surface area contributed by atoms with Gasteiger partial charge in [-0.25, -0.2) is 12.8 Å². The van der Waals surface area contributed by atoms with E-state index in [2.05, 4.69) is 0 Å². The summed E-state index contributed by atoms with van der Waals surface area (Å²) in [6, 6.07) is 11.7. The first-order valence-electron chi connectivity index (χ1n) is 9.02. The standard InChI is InChI=1S/C20H24FN3O3S/c1-15-16(7-6-10-18(15)22(2)28(3,26)27)20(25)24-13-11-23(12-14-24)19-9-5-4-8-17(19)21/h4-10H,11-14H2,1-3H3. The van der Waals surface area contributed by atoms with E-state index in [1.54, 1.807) is 48.2 Å². The molecule has 0 atom stereocenters. The van der Waals surface area contributed by atoms with Gasteiger partial charge in [0.1, 0.15) is 5.82 Å². The second kappa shape index (κ2) is 7.79. The van der Waals surface area contributed by atoms with Gasteiger partial charge in [-0.05, 0) is 36.8 Å². The summed E-state index contributed by atoms with van der Waals surface area (Å²) in [4.78, 5) is 16.7. The van der Waals surface area contributed by atoms with Gasteiger partial charge in [-0.1, -0.05) is 18.2 Å². The van der Waals surface area contributed by atoms with Gasteiger partial charge in [0, 0.05) is 38.8 Å². The minimum atomic E-state index is -3.42. The predicted octanol–water partition coefficient (Wildman–Crippen LogP) is 2.49. The largest absolute Gasteiger partial charge is 0.366 e. The topological polar surface area (TPSA) is 60.9 Å². The Hall–Kier alpha value is -2.61. The quantitative estimate of drug-likeness (QED) is 0.784. The number of rotatable bonds is 4. The average molecular weight is 405 g/mol. The number of amides is 1. The first-order valence-corrected chi connectivity index (χ1v) is 10.9. The van der Waals surface area contributed by atoms with Crippen LogP contribution in [0.2, 0.25) is 0 Å². The zero-order chi connectivity index (χ0) is 20.5. The highest BCUT2D eigenvalue weighted by Crippen LogP contribution is 2.26. The van der Waals surface area contributed by atoms with Gasteiger partial charge in [-0.15, -0.1) is 0 Å². The Balaban J connectivity index is 1.77. The number of nitrogens with zero attached hydrogens (tertiary/aromatic N) is 3. The fourth-order valence-electron chi connectivity index (χ4n) is 3.40. The minimum absolute atomic E-state index is 0.144. The molecule has 0 N–H and O–H groups in total. The van der Waals surface area contributed by atoms with Gasteiger partial charge in [-0.2, -0.15) is 0 Å². The number of sulfonamides is 1. The monoisotopic (exact) mass is 405 g/mol. The first kappa shape index (κ1) is 20.1. The van der Waals surface area contributed by atoms with Crippen molar-refractivity contribution >= 4 is 27.3 Å². The van der Waals surface area contributed by atoms with Gasteiger partial charge in [0.05, 0.1) is 17.6 Å². The van der Waals surface area contributed by atoms with E-state index in [9.17, 15) is 17.6 Å². The number of halogens is 1. The van der Waals surface area contributed by atoms with Crippen LogP contribution >= 0.6 is 0 Å². The Bertz CT molecular complexity index is 986. The molecule has 1 fully saturated rings. The van der Waals surface area contributed by atoms with Crippen molar-refractivity contribution in [1.29, 1.82) is 0 Å². The molecular weight excluding hydrogens is 381 g/mol. The molecule has 28 heavy (non-hydrogen) atoms. The third-order valence-corrected chi connectivity index (χ3v) is 6.32. The highest BCUT2D eigenvalue weighted by atomic mass is 32.2. The molecule has 0 aromatic heterocycles. The molecule has 1 heterocycles. The molecule has 1 amide bonds. The molecule has 8 heteroatoms. The molecule has 3 rings (SSSR count). The van der Waals surface area contributed by atoms with Crippen molar-refractivity contribution in [3.63, 3.8) is 0 Å². The van der Waals surface area contributed by atoms with Gasteiger partial charge in [0.2, 0.25) is 10.0 Å². The van der Waals surface area contributed by atoms with Crippen LogP contribution < -0.4 is 9.21 Å². The van der Waals surface area contributed by atoms with Gasteiger partial charge in [-0.3, -0.25) is 9.10 Å². The minimum Gasteiger partial charge on any atom is -0.366 e. The normalized spacial score (nSPS) is 14.9. The van der Waals surface area contributed by atoms with E-state index in [-0.39, 0.29) is 11.7 Å². The number of hydrogen-bond donors (Lipinski definition) is 0. The highest BCUT2D eigenvalue weighted by molar-refractivity contribution is 7.92. The lowest BCUT2D eigenvalue weighted by Gasteiger charge is -2.36. The number of carbonyl (C=O) groups excluding carboxylic acids is 1. The third-order valence-electron chi connectivity index (χ3n) is 5.13. The lowest BCUT2D eigenvalue weighted by molar-refractivity contribution is 0.0746. The Morgan fingerprint density at radius 1 is 1.04 bits per heavy atom. The molecule has 1 aliphatic rings. The number of benzene rings is 2. The van der Waals surface area contributed by atoms with E-state index < -0.39 is 10.0 Å². The van der Waals surface area contributed by atoms with E-state index in [4.69, 9.17) is 0 Å². The average Bonchev–Trinajstić information content (AvgIpc) is 2.67. The molecule has 0 spiro atoms. The Morgan fingerprint density at radius 2 is 1.68 bits per heavy atom. The molecule has 1 saturated heterocycles. The molecule has 2 aromatic carbocycles. The van der Waals surface area contributed by atoms with Crippen molar-refractivity contribution in [3.05, 3.63) is 59.4 Å². The van der Waals surface area contributed by atoms with Crippen molar-refractivity contribution < 1.29 is 17.6 Å². The molecule has 150 valence electrons. The summed E-state index contributed by atoms with van der Waals surface area (Å²) < 4.78 is 38.9. The predicted molar refractivity (Wildman–Crippen MR) is 109 cm³/mol. The molecule has 2 aromatic rings. The maximum Gasteiger partial charge on any atom is 0.254 e. The second-order valence-corrected chi connectivity index (χ2v) is 8.92. The summed E-state index contributed by atoms with van der Waals surface area (Å²) in [5.41, 5.74) is 2.13. The van der Waals surface area contributed by atoms with Crippen molar-refractivity contribution in [2.45, 2.75) is 6.92 Å². The van der Waals surface area contributed by atoms with E-state index in [1.807, 2.05) is 4.90 Å². The van der Waals surface area contributed by atoms with E-state index in [0.717, 1.165) is 6.26 Å². The van der Waals surface area contributed by atoms with Crippen LogP contribution in [0.3, 0.4) is 0 Å². The smallest absolute Gasteiger partial charge is 0.254 e. The summed E-state index contributed by atoms with van der Waals surface area (Å²) >= 11 is 0. The molecule has 1 aliphatic heterocycles. The summed E-state index contributed by atoms with van der Waals surface area (Å²) in [7, 11) is -1.95. The van der Waals surface area contributed by atoms with Crippen LogP contribution in [0, 0.1) is 12.7 Å². The highest BCUT2D eigenvalue weighted by Gasteiger charge is 2.26.